The van der Waals surface area contributed by atoms with E-state index in [0.29, 0.717) is 21.7 Å². The third-order valence-corrected chi connectivity index (χ3v) is 4.73. The molecule has 1 aliphatic heterocycles. The van der Waals surface area contributed by atoms with Crippen molar-refractivity contribution in [2.24, 2.45) is 0 Å². The van der Waals surface area contributed by atoms with Gasteiger partial charge in [0.25, 0.3) is 5.91 Å². The minimum Gasteiger partial charge on any atom is -0.465 e. The molecule has 1 N–H and O–H groups in total. The summed E-state index contributed by atoms with van der Waals surface area (Å²) in [6.07, 6.45) is 0. The molecule has 1 fully saturated rings. The molecule has 134 valence electrons. The molecule has 0 aromatic heterocycles. The van der Waals surface area contributed by atoms with E-state index in [-0.39, 0.29) is 12.5 Å². The molecule has 0 spiro atoms. The predicted molar refractivity (Wildman–Crippen MR) is 95.7 cm³/mol. The van der Waals surface area contributed by atoms with Crippen LogP contribution in [0.5, 0.6) is 0 Å². The van der Waals surface area contributed by atoms with Crippen LogP contribution < -0.4 is 5.32 Å². The van der Waals surface area contributed by atoms with E-state index in [1.807, 2.05) is 0 Å². The van der Waals surface area contributed by atoms with E-state index in [0.717, 1.165) is 4.90 Å². The summed E-state index contributed by atoms with van der Waals surface area (Å²) in [7, 11) is 1.30. The summed E-state index contributed by atoms with van der Waals surface area (Å²) >= 11 is 6.21. The van der Waals surface area contributed by atoms with Crippen molar-refractivity contribution >= 4 is 29.5 Å². The Morgan fingerprint density at radius 3 is 2.42 bits per heavy atom. The zero-order chi connectivity index (χ0) is 18.9. The highest BCUT2D eigenvalue weighted by Gasteiger charge is 2.49. The number of carbonyl (C=O) groups is 3. The van der Waals surface area contributed by atoms with Gasteiger partial charge >= 0.3 is 12.0 Å². The number of nitrogens with one attached hydrogen (secondary N) is 1. The monoisotopic (exact) mass is 372 g/mol. The van der Waals surface area contributed by atoms with Gasteiger partial charge in [0.2, 0.25) is 0 Å². The smallest absolute Gasteiger partial charge is 0.337 e. The number of carbonyl (C=O) groups excluding carboxylic acids is 3. The molecule has 2 aromatic rings. The SMILES string of the molecule is COC(=O)c1ccc(CN2C(=O)N[C@@](C)(c3ccccc3Cl)C2=O)cc1. The molecule has 6 nitrogen and oxygen atoms in total. The van der Waals surface area contributed by atoms with Crippen LogP contribution in [0.25, 0.3) is 0 Å². The Morgan fingerprint density at radius 2 is 1.81 bits per heavy atom. The van der Waals surface area contributed by atoms with Crippen molar-refractivity contribution in [2.75, 3.05) is 7.11 Å². The molecule has 7 heteroatoms. The van der Waals surface area contributed by atoms with E-state index in [4.69, 9.17) is 11.6 Å². The van der Waals surface area contributed by atoms with Gasteiger partial charge in [0.05, 0.1) is 19.2 Å². The molecule has 1 atom stereocenters. The lowest BCUT2D eigenvalue weighted by Gasteiger charge is -2.23. The van der Waals surface area contributed by atoms with Gasteiger partial charge in [-0.3, -0.25) is 9.69 Å². The zero-order valence-corrected chi connectivity index (χ0v) is 15.0. The molecule has 0 radical (unpaired) electrons. The van der Waals surface area contributed by atoms with Crippen LogP contribution >= 0.6 is 11.6 Å². The molecule has 0 aliphatic carbocycles. The number of amides is 3. The minimum absolute atomic E-state index is 0.0894. The summed E-state index contributed by atoms with van der Waals surface area (Å²) in [5.74, 6) is -0.828. The summed E-state index contributed by atoms with van der Waals surface area (Å²) in [6.45, 7) is 1.72. The van der Waals surface area contributed by atoms with Crippen molar-refractivity contribution in [3.05, 3.63) is 70.2 Å². The summed E-state index contributed by atoms with van der Waals surface area (Å²) in [4.78, 5) is 37.9. The Hall–Kier alpha value is -2.86. The lowest BCUT2D eigenvalue weighted by atomic mass is 9.92. The number of rotatable bonds is 4. The summed E-state index contributed by atoms with van der Waals surface area (Å²) in [5.41, 5.74) is 0.434. The fourth-order valence-electron chi connectivity index (χ4n) is 2.94. The Morgan fingerprint density at radius 1 is 1.15 bits per heavy atom. The number of hydrogen-bond donors (Lipinski definition) is 1. The van der Waals surface area contributed by atoms with Gasteiger partial charge in [-0.25, -0.2) is 9.59 Å². The van der Waals surface area contributed by atoms with E-state index in [9.17, 15) is 14.4 Å². The van der Waals surface area contributed by atoms with Gasteiger partial charge in [-0.15, -0.1) is 0 Å². The lowest BCUT2D eigenvalue weighted by molar-refractivity contribution is -0.131. The normalized spacial score (nSPS) is 19.4. The van der Waals surface area contributed by atoms with Gasteiger partial charge in [-0.1, -0.05) is 41.9 Å². The van der Waals surface area contributed by atoms with Gasteiger partial charge in [0.15, 0.2) is 0 Å². The minimum atomic E-state index is -1.22. The van der Waals surface area contributed by atoms with Crippen molar-refractivity contribution < 1.29 is 19.1 Å². The maximum Gasteiger partial charge on any atom is 0.337 e. The largest absolute Gasteiger partial charge is 0.465 e. The second-order valence-electron chi connectivity index (χ2n) is 6.11. The van der Waals surface area contributed by atoms with Gasteiger partial charge in [-0.2, -0.15) is 0 Å². The number of imide groups is 1. The Labute approximate surface area is 155 Å². The topological polar surface area (TPSA) is 75.7 Å². The quantitative estimate of drug-likeness (QED) is 0.661. The third-order valence-electron chi connectivity index (χ3n) is 4.40. The number of hydrogen-bond acceptors (Lipinski definition) is 4. The standard InChI is InChI=1S/C19H17ClN2O4/c1-19(14-5-3-4-6-15(14)20)17(24)22(18(25)21-19)11-12-7-9-13(10-8-12)16(23)26-2/h3-10H,11H2,1-2H3,(H,21,25)/t19-/m0/s1. The van der Waals surface area contributed by atoms with Crippen LogP contribution in [0.3, 0.4) is 0 Å². The Kier molecular flexibility index (Phi) is 4.70. The fraction of sp³-hybridized carbons (Fsp3) is 0.211. The number of esters is 1. The Balaban J connectivity index is 1.84. The first-order valence-corrected chi connectivity index (χ1v) is 8.31. The molecule has 1 saturated heterocycles. The first kappa shape index (κ1) is 17.9. The number of nitrogens with zero attached hydrogens (tertiary/aromatic N) is 1. The van der Waals surface area contributed by atoms with Crippen LogP contribution in [0.4, 0.5) is 4.79 Å². The van der Waals surface area contributed by atoms with Crippen LogP contribution in [-0.2, 0) is 21.6 Å². The second-order valence-corrected chi connectivity index (χ2v) is 6.52. The Bertz CT molecular complexity index is 881. The maximum absolute atomic E-state index is 12.9. The van der Waals surface area contributed by atoms with E-state index in [1.165, 1.54) is 7.11 Å². The van der Waals surface area contributed by atoms with Crippen molar-refractivity contribution in [3.8, 4) is 0 Å². The molecule has 0 saturated carbocycles. The average molecular weight is 373 g/mol. The molecule has 3 amide bonds. The molecule has 1 aliphatic rings. The van der Waals surface area contributed by atoms with E-state index in [1.54, 1.807) is 55.5 Å². The van der Waals surface area contributed by atoms with Crippen LogP contribution in [0, 0.1) is 0 Å². The van der Waals surface area contributed by atoms with Gasteiger partial charge in [0.1, 0.15) is 5.54 Å². The van der Waals surface area contributed by atoms with E-state index in [2.05, 4.69) is 10.1 Å². The summed E-state index contributed by atoms with van der Waals surface area (Å²) in [6, 6.07) is 13.0. The second kappa shape index (κ2) is 6.80. The molecule has 26 heavy (non-hydrogen) atoms. The summed E-state index contributed by atoms with van der Waals surface area (Å²) < 4.78 is 4.65. The van der Waals surface area contributed by atoms with E-state index >= 15 is 0 Å². The molecule has 0 unspecified atom stereocenters. The fourth-order valence-corrected chi connectivity index (χ4v) is 3.26. The predicted octanol–water partition coefficient (Wildman–Crippen LogP) is 3.09. The highest BCUT2D eigenvalue weighted by atomic mass is 35.5. The number of urea groups is 1. The molecule has 1 heterocycles. The van der Waals surface area contributed by atoms with Crippen LogP contribution in [-0.4, -0.2) is 29.9 Å². The van der Waals surface area contributed by atoms with Crippen molar-refractivity contribution in [1.82, 2.24) is 10.2 Å². The molecule has 3 rings (SSSR count). The van der Waals surface area contributed by atoms with E-state index < -0.39 is 17.5 Å². The van der Waals surface area contributed by atoms with Gasteiger partial charge in [-0.05, 0) is 30.7 Å². The van der Waals surface area contributed by atoms with Crippen LogP contribution in [0.1, 0.15) is 28.4 Å². The number of methoxy groups -OCH3 is 1. The first-order valence-electron chi connectivity index (χ1n) is 7.93. The van der Waals surface area contributed by atoms with Gasteiger partial charge < -0.3 is 10.1 Å². The highest BCUT2D eigenvalue weighted by Crippen LogP contribution is 2.34. The van der Waals surface area contributed by atoms with Crippen LogP contribution in [0.2, 0.25) is 5.02 Å². The molecular weight excluding hydrogens is 356 g/mol. The van der Waals surface area contributed by atoms with Crippen molar-refractivity contribution in [1.29, 1.82) is 0 Å². The van der Waals surface area contributed by atoms with Crippen LogP contribution in [0.15, 0.2) is 48.5 Å². The zero-order valence-electron chi connectivity index (χ0n) is 14.3. The first-order chi connectivity index (χ1) is 12.4. The number of benzene rings is 2. The van der Waals surface area contributed by atoms with Gasteiger partial charge in [0, 0.05) is 10.6 Å². The highest BCUT2D eigenvalue weighted by molar-refractivity contribution is 6.32. The maximum atomic E-state index is 12.9. The molecule has 2 aromatic carbocycles. The molecular formula is C19H17ClN2O4. The average Bonchev–Trinajstić information content (AvgIpc) is 2.86. The molecule has 0 bridgehead atoms. The lowest BCUT2D eigenvalue weighted by Crippen LogP contribution is -2.41. The number of ether oxygens (including phenoxy) is 1. The number of halogens is 1. The third kappa shape index (κ3) is 3.04. The van der Waals surface area contributed by atoms with Crippen molar-refractivity contribution in [3.63, 3.8) is 0 Å². The summed E-state index contributed by atoms with van der Waals surface area (Å²) in [5, 5.41) is 3.14. The van der Waals surface area contributed by atoms with Crippen molar-refractivity contribution in [2.45, 2.75) is 19.0 Å².